The summed E-state index contributed by atoms with van der Waals surface area (Å²) in [7, 11) is 1.82. The van der Waals surface area contributed by atoms with E-state index in [0.717, 1.165) is 17.1 Å². The Labute approximate surface area is 196 Å². The summed E-state index contributed by atoms with van der Waals surface area (Å²) in [6.45, 7) is 6.77. The largest absolute Gasteiger partial charge is 0.453 e. The maximum Gasteiger partial charge on any atom is 0.358 e. The second kappa shape index (κ2) is 8.93. The van der Waals surface area contributed by atoms with E-state index in [4.69, 9.17) is 4.74 Å². The van der Waals surface area contributed by atoms with E-state index in [0.29, 0.717) is 22.6 Å². The van der Waals surface area contributed by atoms with Gasteiger partial charge in [0, 0.05) is 30.2 Å². The number of nitrogens with zero attached hydrogens (tertiary/aromatic N) is 5. The number of hydrogen-bond acceptors (Lipinski definition) is 6. The summed E-state index contributed by atoms with van der Waals surface area (Å²) in [5, 5.41) is 0. The Hall–Kier alpha value is -4.27. The lowest BCUT2D eigenvalue weighted by Crippen LogP contribution is -2.22. The van der Waals surface area contributed by atoms with Gasteiger partial charge in [-0.15, -0.1) is 0 Å². The molecular formula is C25H25N5O4. The number of ether oxygens (including phenoxy) is 1. The van der Waals surface area contributed by atoms with E-state index in [-0.39, 0.29) is 17.0 Å². The zero-order valence-electron chi connectivity index (χ0n) is 19.7. The van der Waals surface area contributed by atoms with Crippen LogP contribution in [0.15, 0.2) is 53.6 Å². The van der Waals surface area contributed by atoms with Gasteiger partial charge in [-0.2, -0.15) is 0 Å². The highest BCUT2D eigenvalue weighted by molar-refractivity contribution is 6.00. The van der Waals surface area contributed by atoms with Crippen molar-refractivity contribution in [1.82, 2.24) is 23.9 Å². The number of carbonyl (C=O) groups excluding carboxylic acids is 2. The maximum atomic E-state index is 13.4. The van der Waals surface area contributed by atoms with E-state index in [1.807, 2.05) is 51.2 Å². The second-order valence-corrected chi connectivity index (χ2v) is 8.07. The molecule has 3 heterocycles. The van der Waals surface area contributed by atoms with Crippen LogP contribution in [0.25, 0.3) is 11.4 Å². The van der Waals surface area contributed by atoms with Gasteiger partial charge in [-0.3, -0.25) is 19.3 Å². The number of benzene rings is 1. The first-order valence-electron chi connectivity index (χ1n) is 10.7. The number of ketones is 1. The van der Waals surface area contributed by atoms with Gasteiger partial charge < -0.3 is 9.30 Å². The van der Waals surface area contributed by atoms with Crippen LogP contribution < -0.4 is 5.56 Å². The SMILES string of the molecule is Cc1cnc(C(=O)OCC(=O)c2cc(C)n(-c3c(C)n(C)n(-c4ccccc4)c3=O)c2C)cn1. The molecule has 9 heteroatoms. The number of esters is 1. The van der Waals surface area contributed by atoms with E-state index in [1.54, 1.807) is 33.8 Å². The number of aryl methyl sites for hydroxylation is 2. The molecule has 9 nitrogen and oxygen atoms in total. The lowest BCUT2D eigenvalue weighted by molar-refractivity contribution is 0.0468. The molecule has 0 aliphatic heterocycles. The smallest absolute Gasteiger partial charge is 0.358 e. The molecule has 0 fully saturated rings. The standard InChI is InChI=1S/C25H25N5O4/c1-15-12-27-21(13-26-15)25(33)34-14-22(31)20-11-16(2)29(17(20)3)23-18(4)28(5)30(24(23)32)19-9-7-6-8-10-19/h6-13H,14H2,1-5H3. The van der Waals surface area contributed by atoms with Crippen molar-refractivity contribution in [3.8, 4) is 11.4 Å². The molecular weight excluding hydrogens is 434 g/mol. The molecule has 0 saturated heterocycles. The van der Waals surface area contributed by atoms with Crippen LogP contribution in [0.1, 0.15) is 43.6 Å². The average Bonchev–Trinajstić information content (AvgIpc) is 3.23. The fourth-order valence-electron chi connectivity index (χ4n) is 3.98. The van der Waals surface area contributed by atoms with Gasteiger partial charge in [-0.1, -0.05) is 18.2 Å². The number of rotatable bonds is 6. The molecule has 0 radical (unpaired) electrons. The summed E-state index contributed by atoms with van der Waals surface area (Å²) >= 11 is 0. The van der Waals surface area contributed by atoms with Crippen LogP contribution in [-0.4, -0.2) is 42.3 Å². The predicted molar refractivity (Wildman–Crippen MR) is 126 cm³/mol. The van der Waals surface area contributed by atoms with Crippen LogP contribution in [0.2, 0.25) is 0 Å². The van der Waals surface area contributed by atoms with Crippen LogP contribution in [0.4, 0.5) is 0 Å². The van der Waals surface area contributed by atoms with E-state index in [2.05, 4.69) is 9.97 Å². The fourth-order valence-corrected chi connectivity index (χ4v) is 3.98. The van der Waals surface area contributed by atoms with Crippen molar-refractivity contribution in [2.24, 2.45) is 7.05 Å². The van der Waals surface area contributed by atoms with Gasteiger partial charge in [0.05, 0.1) is 23.3 Å². The summed E-state index contributed by atoms with van der Waals surface area (Å²) in [6.07, 6.45) is 2.76. The van der Waals surface area contributed by atoms with Crippen molar-refractivity contribution in [3.05, 3.63) is 93.2 Å². The lowest BCUT2D eigenvalue weighted by Gasteiger charge is -2.09. The Morgan fingerprint density at radius 3 is 2.32 bits per heavy atom. The Morgan fingerprint density at radius 2 is 1.68 bits per heavy atom. The molecule has 3 aromatic heterocycles. The van der Waals surface area contributed by atoms with E-state index in [1.165, 1.54) is 12.4 Å². The first-order valence-corrected chi connectivity index (χ1v) is 10.7. The number of hydrogen-bond donors (Lipinski definition) is 0. The third kappa shape index (κ3) is 3.96. The number of Topliss-reactive ketones (excluding diaryl/α,β-unsaturated/α-hetero) is 1. The summed E-state index contributed by atoms with van der Waals surface area (Å²) < 4.78 is 10.3. The van der Waals surface area contributed by atoms with Crippen LogP contribution in [0.3, 0.4) is 0 Å². The highest BCUT2D eigenvalue weighted by atomic mass is 16.5. The van der Waals surface area contributed by atoms with E-state index >= 15 is 0 Å². The van der Waals surface area contributed by atoms with Gasteiger partial charge >= 0.3 is 5.97 Å². The zero-order chi connectivity index (χ0) is 24.6. The van der Waals surface area contributed by atoms with Crippen molar-refractivity contribution < 1.29 is 14.3 Å². The second-order valence-electron chi connectivity index (χ2n) is 8.07. The molecule has 0 spiro atoms. The van der Waals surface area contributed by atoms with Gasteiger partial charge in [0.25, 0.3) is 5.56 Å². The fraction of sp³-hybridized carbons (Fsp3) is 0.240. The molecule has 34 heavy (non-hydrogen) atoms. The van der Waals surface area contributed by atoms with Gasteiger partial charge in [0.15, 0.2) is 12.3 Å². The molecule has 0 unspecified atom stereocenters. The van der Waals surface area contributed by atoms with Gasteiger partial charge in [-0.25, -0.2) is 14.5 Å². The van der Waals surface area contributed by atoms with Crippen LogP contribution in [-0.2, 0) is 11.8 Å². The van der Waals surface area contributed by atoms with Crippen molar-refractivity contribution >= 4 is 11.8 Å². The summed E-state index contributed by atoms with van der Waals surface area (Å²) in [6, 6.07) is 11.1. The first kappa shape index (κ1) is 22.9. The Morgan fingerprint density at radius 1 is 0.971 bits per heavy atom. The molecule has 0 atom stereocenters. The minimum atomic E-state index is -0.723. The highest BCUT2D eigenvalue weighted by Gasteiger charge is 2.24. The monoisotopic (exact) mass is 459 g/mol. The van der Waals surface area contributed by atoms with Crippen molar-refractivity contribution in [2.75, 3.05) is 6.61 Å². The minimum Gasteiger partial charge on any atom is -0.453 e. The Balaban J connectivity index is 1.65. The molecule has 0 N–H and O–H groups in total. The predicted octanol–water partition coefficient (Wildman–Crippen LogP) is 3.03. The number of aromatic nitrogens is 5. The van der Waals surface area contributed by atoms with Gasteiger partial charge in [0.1, 0.15) is 5.69 Å². The van der Waals surface area contributed by atoms with E-state index < -0.39 is 12.6 Å². The third-order valence-corrected chi connectivity index (χ3v) is 5.80. The highest BCUT2D eigenvalue weighted by Crippen LogP contribution is 2.23. The molecule has 1 aromatic carbocycles. The molecule has 4 rings (SSSR count). The molecule has 174 valence electrons. The van der Waals surface area contributed by atoms with Crippen molar-refractivity contribution in [3.63, 3.8) is 0 Å². The Kier molecular flexibility index (Phi) is 6.02. The minimum absolute atomic E-state index is 0.0326. The normalized spacial score (nSPS) is 11.0. The summed E-state index contributed by atoms with van der Waals surface area (Å²) in [5.74, 6) is -1.09. The number of para-hydroxylation sites is 1. The molecule has 0 aliphatic rings. The van der Waals surface area contributed by atoms with Crippen LogP contribution in [0.5, 0.6) is 0 Å². The summed E-state index contributed by atoms with van der Waals surface area (Å²) in [4.78, 5) is 46.5. The Bertz CT molecular complexity index is 1440. The first-order chi connectivity index (χ1) is 16.2. The third-order valence-electron chi connectivity index (χ3n) is 5.80. The molecule has 0 saturated carbocycles. The summed E-state index contributed by atoms with van der Waals surface area (Å²) in [5.41, 5.74) is 4.17. The van der Waals surface area contributed by atoms with Crippen LogP contribution in [0, 0.1) is 27.7 Å². The quantitative estimate of drug-likeness (QED) is 0.325. The van der Waals surface area contributed by atoms with Gasteiger partial charge in [-0.05, 0) is 45.9 Å². The molecule has 0 bridgehead atoms. The lowest BCUT2D eigenvalue weighted by atomic mass is 10.1. The van der Waals surface area contributed by atoms with Crippen molar-refractivity contribution in [1.29, 1.82) is 0 Å². The molecule has 4 aromatic rings. The van der Waals surface area contributed by atoms with Gasteiger partial charge in [0.2, 0.25) is 5.78 Å². The molecule has 0 aliphatic carbocycles. The maximum absolute atomic E-state index is 13.4. The average molecular weight is 460 g/mol. The number of carbonyl (C=O) groups is 2. The molecule has 0 amide bonds. The van der Waals surface area contributed by atoms with Crippen molar-refractivity contribution in [2.45, 2.75) is 27.7 Å². The topological polar surface area (TPSA) is 101 Å². The van der Waals surface area contributed by atoms with E-state index in [9.17, 15) is 14.4 Å². The zero-order valence-corrected chi connectivity index (χ0v) is 19.7. The van der Waals surface area contributed by atoms with Crippen LogP contribution >= 0.6 is 0 Å².